The van der Waals surface area contributed by atoms with E-state index in [1.807, 2.05) is 13.8 Å². The fraction of sp³-hybridized carbons (Fsp3) is 0.800. The van der Waals surface area contributed by atoms with Gasteiger partial charge >= 0.3 is 17.9 Å². The second kappa shape index (κ2) is 7.87. The molecule has 2 rings (SSSR count). The van der Waals surface area contributed by atoms with Gasteiger partial charge < -0.3 is 14.2 Å². The van der Waals surface area contributed by atoms with Crippen molar-refractivity contribution in [3.63, 3.8) is 0 Å². The molecular weight excluding hydrogens is 350 g/mol. The molecule has 1 saturated heterocycles. The monoisotopic (exact) mass is 379 g/mol. The van der Waals surface area contributed by atoms with Gasteiger partial charge in [-0.3, -0.25) is 9.59 Å². The van der Waals surface area contributed by atoms with E-state index >= 15 is 0 Å². The van der Waals surface area contributed by atoms with Crippen LogP contribution in [0.15, 0.2) is 0 Å². The van der Waals surface area contributed by atoms with Crippen molar-refractivity contribution >= 4 is 17.9 Å². The number of carbonyl (C=O) groups is 3. The summed E-state index contributed by atoms with van der Waals surface area (Å²) < 4.78 is 16.1. The third-order valence-electron chi connectivity index (χ3n) is 5.99. The summed E-state index contributed by atoms with van der Waals surface area (Å²) in [6.45, 7) is 8.75. The van der Waals surface area contributed by atoms with Gasteiger partial charge in [0, 0.05) is 11.8 Å². The van der Waals surface area contributed by atoms with E-state index in [-0.39, 0.29) is 11.8 Å². The smallest absolute Gasteiger partial charge is 0.344 e. The Hall–Kier alpha value is -2.10. The lowest BCUT2D eigenvalue weighted by Crippen LogP contribution is -2.49. The van der Waals surface area contributed by atoms with Gasteiger partial charge in [-0.1, -0.05) is 27.2 Å². The number of hydrogen-bond acceptors (Lipinski definition) is 7. The maximum absolute atomic E-state index is 12.3. The topological polar surface area (TPSA) is 103 Å². The lowest BCUT2D eigenvalue weighted by Gasteiger charge is -2.39. The van der Waals surface area contributed by atoms with Crippen molar-refractivity contribution in [2.24, 2.45) is 22.7 Å². The highest BCUT2D eigenvalue weighted by Gasteiger charge is 2.64. The molecule has 4 unspecified atom stereocenters. The summed E-state index contributed by atoms with van der Waals surface area (Å²) in [5.41, 5.74) is -1.82. The quantitative estimate of drug-likeness (QED) is 0.495. The molecule has 7 nitrogen and oxygen atoms in total. The van der Waals surface area contributed by atoms with Crippen molar-refractivity contribution in [1.82, 2.24) is 0 Å². The first-order valence-corrected chi connectivity index (χ1v) is 9.62. The molecule has 150 valence electrons. The number of ether oxygens (including phenoxy) is 3. The van der Waals surface area contributed by atoms with Gasteiger partial charge in [0.25, 0.3) is 0 Å². The molecule has 1 saturated carbocycles. The summed E-state index contributed by atoms with van der Waals surface area (Å²) in [4.78, 5) is 36.7. The molecule has 27 heavy (non-hydrogen) atoms. The Bertz CT molecular complexity index is 651. The summed E-state index contributed by atoms with van der Waals surface area (Å²) >= 11 is 0. The minimum atomic E-state index is -1.16. The molecule has 1 aliphatic heterocycles. The Morgan fingerprint density at radius 1 is 1.37 bits per heavy atom. The SMILES string of the molecule is CCCC(C)(C)C(=O)OCC(=O)OC1C(CC)CC2(C#N)C(=O)O[C@@H]1C2C. The summed E-state index contributed by atoms with van der Waals surface area (Å²) in [5.74, 6) is -2.16. The van der Waals surface area contributed by atoms with Gasteiger partial charge in [0.15, 0.2) is 12.0 Å². The average molecular weight is 379 g/mol. The largest absolute Gasteiger partial charge is 0.457 e. The van der Waals surface area contributed by atoms with E-state index in [0.717, 1.165) is 6.42 Å². The molecule has 2 bridgehead atoms. The molecule has 1 aliphatic carbocycles. The highest BCUT2D eigenvalue weighted by atomic mass is 16.6. The zero-order valence-corrected chi connectivity index (χ0v) is 16.7. The maximum atomic E-state index is 12.3. The standard InChI is InChI=1S/C20H29NO6/c1-6-8-19(4,5)17(23)25-10-14(22)26-16-13(7-2)9-20(11-21)12(3)15(16)27-18(20)24/h12-13,15-16H,6-10H2,1-5H3/t12?,13?,15-,16?,20?/m1/s1. The fourth-order valence-corrected chi connectivity index (χ4v) is 4.18. The van der Waals surface area contributed by atoms with Gasteiger partial charge in [-0.05, 0) is 33.1 Å². The Morgan fingerprint density at radius 2 is 2.04 bits per heavy atom. The van der Waals surface area contributed by atoms with Crippen LogP contribution < -0.4 is 0 Å². The van der Waals surface area contributed by atoms with E-state index in [1.54, 1.807) is 20.8 Å². The first-order chi connectivity index (χ1) is 12.6. The van der Waals surface area contributed by atoms with Gasteiger partial charge in [0.2, 0.25) is 0 Å². The van der Waals surface area contributed by atoms with E-state index in [2.05, 4.69) is 6.07 Å². The van der Waals surface area contributed by atoms with Crippen LogP contribution in [0.2, 0.25) is 0 Å². The lowest BCUT2D eigenvalue weighted by atomic mass is 9.63. The molecule has 0 aromatic heterocycles. The molecule has 0 N–H and O–H groups in total. The first kappa shape index (κ1) is 21.2. The Kier molecular flexibility index (Phi) is 6.18. The second-order valence-corrected chi connectivity index (χ2v) is 8.28. The van der Waals surface area contributed by atoms with E-state index < -0.39 is 47.6 Å². The van der Waals surface area contributed by atoms with Gasteiger partial charge in [-0.25, -0.2) is 4.79 Å². The molecule has 0 aromatic carbocycles. The first-order valence-electron chi connectivity index (χ1n) is 9.62. The van der Waals surface area contributed by atoms with E-state index in [1.165, 1.54) is 0 Å². The van der Waals surface area contributed by atoms with Crippen LogP contribution in [-0.4, -0.2) is 36.7 Å². The van der Waals surface area contributed by atoms with Gasteiger partial charge in [0.05, 0.1) is 11.5 Å². The van der Waals surface area contributed by atoms with E-state index in [4.69, 9.17) is 14.2 Å². The molecule has 0 radical (unpaired) electrons. The molecule has 5 atom stereocenters. The molecule has 1 heterocycles. The fourth-order valence-electron chi connectivity index (χ4n) is 4.18. The van der Waals surface area contributed by atoms with Crippen LogP contribution in [0.5, 0.6) is 0 Å². The number of hydrogen-bond donors (Lipinski definition) is 0. The van der Waals surface area contributed by atoms with Gasteiger partial charge in [0.1, 0.15) is 12.2 Å². The molecule has 0 amide bonds. The van der Waals surface area contributed by atoms with Gasteiger partial charge in [-0.2, -0.15) is 5.26 Å². The summed E-state index contributed by atoms with van der Waals surface area (Å²) in [5, 5.41) is 9.54. The van der Waals surface area contributed by atoms with Crippen molar-refractivity contribution in [2.45, 2.75) is 72.5 Å². The number of nitriles is 1. The Balaban J connectivity index is 2.02. The van der Waals surface area contributed by atoms with Crippen molar-refractivity contribution < 1.29 is 28.6 Å². The highest BCUT2D eigenvalue weighted by Crippen LogP contribution is 2.52. The predicted molar refractivity (Wildman–Crippen MR) is 95.0 cm³/mol. The molecule has 0 spiro atoms. The van der Waals surface area contributed by atoms with Crippen LogP contribution in [0.1, 0.15) is 60.3 Å². The number of esters is 3. The predicted octanol–water partition coefficient (Wildman–Crippen LogP) is 2.77. The van der Waals surface area contributed by atoms with Gasteiger partial charge in [-0.15, -0.1) is 0 Å². The van der Waals surface area contributed by atoms with Crippen molar-refractivity contribution in [3.05, 3.63) is 0 Å². The highest BCUT2D eigenvalue weighted by molar-refractivity contribution is 5.84. The molecule has 2 fully saturated rings. The zero-order chi connectivity index (χ0) is 20.4. The van der Waals surface area contributed by atoms with Crippen LogP contribution in [-0.2, 0) is 28.6 Å². The van der Waals surface area contributed by atoms with Crippen LogP contribution >= 0.6 is 0 Å². The minimum Gasteiger partial charge on any atom is -0.457 e. The van der Waals surface area contributed by atoms with Crippen molar-refractivity contribution in [3.8, 4) is 6.07 Å². The third kappa shape index (κ3) is 3.80. The summed E-state index contributed by atoms with van der Waals surface area (Å²) in [6.07, 6.45) is 1.16. The molecule has 0 aromatic rings. The lowest BCUT2D eigenvalue weighted by molar-refractivity contribution is -0.177. The van der Waals surface area contributed by atoms with Crippen LogP contribution in [0.25, 0.3) is 0 Å². The summed E-state index contributed by atoms with van der Waals surface area (Å²) in [6, 6.07) is 2.13. The van der Waals surface area contributed by atoms with Crippen LogP contribution in [0.3, 0.4) is 0 Å². The second-order valence-electron chi connectivity index (χ2n) is 8.28. The van der Waals surface area contributed by atoms with E-state index in [0.29, 0.717) is 19.3 Å². The van der Waals surface area contributed by atoms with Crippen molar-refractivity contribution in [2.75, 3.05) is 6.61 Å². The molecule has 2 aliphatic rings. The normalized spacial score (nSPS) is 32.4. The molecule has 7 heteroatoms. The van der Waals surface area contributed by atoms with Crippen LogP contribution in [0.4, 0.5) is 0 Å². The third-order valence-corrected chi connectivity index (χ3v) is 5.99. The Morgan fingerprint density at radius 3 is 2.59 bits per heavy atom. The minimum absolute atomic E-state index is 0.159. The number of nitrogens with zero attached hydrogens (tertiary/aromatic N) is 1. The molecular formula is C20H29NO6. The zero-order valence-electron chi connectivity index (χ0n) is 16.7. The van der Waals surface area contributed by atoms with Crippen LogP contribution in [0, 0.1) is 34.0 Å². The van der Waals surface area contributed by atoms with E-state index in [9.17, 15) is 19.6 Å². The summed E-state index contributed by atoms with van der Waals surface area (Å²) in [7, 11) is 0. The number of rotatable bonds is 7. The average Bonchev–Trinajstić information content (AvgIpc) is 2.78. The van der Waals surface area contributed by atoms with Crippen molar-refractivity contribution in [1.29, 1.82) is 5.26 Å². The Labute approximate surface area is 160 Å². The number of carbonyl (C=O) groups excluding carboxylic acids is 3. The maximum Gasteiger partial charge on any atom is 0.344 e. The number of fused-ring (bicyclic) bond motifs is 2.